The summed E-state index contributed by atoms with van der Waals surface area (Å²) in [5.41, 5.74) is 13.3. The number of nitrogens with zero attached hydrogens (tertiary/aromatic N) is 2. The summed E-state index contributed by atoms with van der Waals surface area (Å²) in [6, 6.07) is 73.8. The van der Waals surface area contributed by atoms with Crippen LogP contribution in [0.4, 0.5) is 17.1 Å². The molecule has 0 N–H and O–H groups in total. The highest BCUT2D eigenvalue weighted by Crippen LogP contribution is 2.44. The Kier molecular flexibility index (Phi) is 7.17. The molecule has 0 aliphatic rings. The zero-order valence-corrected chi connectivity index (χ0v) is 29.9. The number of furan rings is 1. The molecule has 0 amide bonds. The van der Waals surface area contributed by atoms with Gasteiger partial charge in [0, 0.05) is 49.7 Å². The number of rotatable bonds is 6. The molecule has 0 atom stereocenters. The van der Waals surface area contributed by atoms with Crippen LogP contribution in [0.3, 0.4) is 0 Å². The molecule has 0 aliphatic carbocycles. The van der Waals surface area contributed by atoms with Crippen molar-refractivity contribution in [3.8, 4) is 27.9 Å². The van der Waals surface area contributed by atoms with E-state index in [9.17, 15) is 0 Å². The van der Waals surface area contributed by atoms with E-state index in [0.29, 0.717) is 0 Å². The van der Waals surface area contributed by atoms with Crippen molar-refractivity contribution < 1.29 is 4.42 Å². The van der Waals surface area contributed by atoms with Crippen LogP contribution in [0.2, 0.25) is 0 Å². The van der Waals surface area contributed by atoms with E-state index in [1.54, 1.807) is 0 Å². The fourth-order valence-electron chi connectivity index (χ4n) is 8.44. The zero-order chi connectivity index (χ0) is 36.3. The monoisotopic (exact) mass is 702 g/mol. The summed E-state index contributed by atoms with van der Waals surface area (Å²) in [6.07, 6.45) is 0. The first-order valence-electron chi connectivity index (χ1n) is 18.8. The summed E-state index contributed by atoms with van der Waals surface area (Å²) in [5, 5.41) is 6.93. The molecule has 2 heterocycles. The number of anilines is 3. The Labute approximate surface area is 318 Å². The summed E-state index contributed by atoms with van der Waals surface area (Å²) >= 11 is 0. The molecule has 3 nitrogen and oxygen atoms in total. The summed E-state index contributed by atoms with van der Waals surface area (Å²) in [4.78, 5) is 2.36. The largest absolute Gasteiger partial charge is 0.455 e. The molecule has 3 heteroatoms. The lowest BCUT2D eigenvalue weighted by atomic mass is 9.93. The second-order valence-corrected chi connectivity index (χ2v) is 14.1. The Morgan fingerprint density at radius 3 is 1.78 bits per heavy atom. The minimum atomic E-state index is 0.867. The molecule has 9 aromatic carbocycles. The van der Waals surface area contributed by atoms with E-state index in [-0.39, 0.29) is 0 Å². The fraction of sp³-hybridized carbons (Fsp3) is 0. The van der Waals surface area contributed by atoms with Gasteiger partial charge in [0.25, 0.3) is 0 Å². The fourth-order valence-corrected chi connectivity index (χ4v) is 8.44. The second-order valence-electron chi connectivity index (χ2n) is 14.1. The third kappa shape index (κ3) is 5.13. The van der Waals surface area contributed by atoms with Crippen LogP contribution in [0.15, 0.2) is 211 Å². The van der Waals surface area contributed by atoms with E-state index in [0.717, 1.165) is 55.6 Å². The van der Waals surface area contributed by atoms with E-state index in [1.807, 2.05) is 0 Å². The molecule has 11 aromatic rings. The predicted molar refractivity (Wildman–Crippen MR) is 231 cm³/mol. The molecular formula is C52H34N2O. The van der Waals surface area contributed by atoms with Crippen molar-refractivity contribution in [1.29, 1.82) is 0 Å². The summed E-state index contributed by atoms with van der Waals surface area (Å²) < 4.78 is 9.11. The Balaban J connectivity index is 1.13. The van der Waals surface area contributed by atoms with Gasteiger partial charge in [0.2, 0.25) is 0 Å². The zero-order valence-electron chi connectivity index (χ0n) is 29.9. The molecule has 0 radical (unpaired) electrons. The van der Waals surface area contributed by atoms with E-state index in [2.05, 4.69) is 216 Å². The van der Waals surface area contributed by atoms with Crippen molar-refractivity contribution in [1.82, 2.24) is 4.57 Å². The van der Waals surface area contributed by atoms with Gasteiger partial charge >= 0.3 is 0 Å². The molecule has 55 heavy (non-hydrogen) atoms. The maximum absolute atomic E-state index is 6.73. The van der Waals surface area contributed by atoms with E-state index < -0.39 is 0 Å². The molecule has 0 saturated heterocycles. The Bertz CT molecular complexity index is 3200. The van der Waals surface area contributed by atoms with Gasteiger partial charge in [-0.15, -0.1) is 0 Å². The Morgan fingerprint density at radius 2 is 0.964 bits per heavy atom. The van der Waals surface area contributed by atoms with Gasteiger partial charge in [-0.05, 0) is 100 Å². The van der Waals surface area contributed by atoms with Gasteiger partial charge < -0.3 is 13.9 Å². The average molecular weight is 703 g/mol. The number of para-hydroxylation sites is 3. The van der Waals surface area contributed by atoms with Gasteiger partial charge in [0.1, 0.15) is 11.2 Å². The normalized spacial score (nSPS) is 11.6. The quantitative estimate of drug-likeness (QED) is 0.172. The lowest BCUT2D eigenvalue weighted by Gasteiger charge is -2.26. The molecule has 2 aromatic heterocycles. The topological polar surface area (TPSA) is 21.3 Å². The molecule has 0 aliphatic heterocycles. The lowest BCUT2D eigenvalue weighted by molar-refractivity contribution is 0.672. The average Bonchev–Trinajstić information content (AvgIpc) is 3.80. The molecule has 11 rings (SSSR count). The van der Waals surface area contributed by atoms with Crippen LogP contribution in [-0.2, 0) is 0 Å². The predicted octanol–water partition coefficient (Wildman–Crippen LogP) is 14.6. The molecule has 0 unspecified atom stereocenters. The molecule has 0 saturated carbocycles. The second kappa shape index (κ2) is 12.6. The van der Waals surface area contributed by atoms with Crippen molar-refractivity contribution >= 4 is 71.6 Å². The van der Waals surface area contributed by atoms with Crippen molar-refractivity contribution in [2.45, 2.75) is 0 Å². The van der Waals surface area contributed by atoms with Crippen LogP contribution in [-0.4, -0.2) is 4.57 Å². The van der Waals surface area contributed by atoms with Crippen LogP contribution >= 0.6 is 0 Å². The first-order chi connectivity index (χ1) is 27.3. The SMILES string of the molecule is c1ccc(-c2cccc(-c3cc4c5cc(N(c6ccccc6)c6ccc7c8ccccc8n(-c8ccccc8)c7c6)ccc5oc4c4ccccc34)c2)cc1. The third-order valence-electron chi connectivity index (χ3n) is 10.9. The van der Waals surface area contributed by atoms with Gasteiger partial charge in [0.15, 0.2) is 0 Å². The third-order valence-corrected chi connectivity index (χ3v) is 10.9. The van der Waals surface area contributed by atoms with E-state index in [1.165, 1.54) is 43.9 Å². The molecule has 0 spiro atoms. The van der Waals surface area contributed by atoms with Gasteiger partial charge in [0.05, 0.1) is 11.0 Å². The molecule has 0 fully saturated rings. The Hall–Kier alpha value is -7.36. The van der Waals surface area contributed by atoms with Crippen LogP contribution in [0.5, 0.6) is 0 Å². The van der Waals surface area contributed by atoms with Gasteiger partial charge in [-0.25, -0.2) is 0 Å². The van der Waals surface area contributed by atoms with E-state index in [4.69, 9.17) is 4.42 Å². The lowest BCUT2D eigenvalue weighted by Crippen LogP contribution is -2.10. The smallest absolute Gasteiger partial charge is 0.143 e. The van der Waals surface area contributed by atoms with Crippen LogP contribution in [0.25, 0.3) is 82.5 Å². The Morgan fingerprint density at radius 1 is 0.345 bits per heavy atom. The van der Waals surface area contributed by atoms with Crippen molar-refractivity contribution in [2.75, 3.05) is 4.90 Å². The highest BCUT2D eigenvalue weighted by atomic mass is 16.3. The number of fused-ring (bicyclic) bond motifs is 8. The summed E-state index contributed by atoms with van der Waals surface area (Å²) in [6.45, 7) is 0. The number of benzene rings is 9. The first kappa shape index (κ1) is 31.2. The minimum absolute atomic E-state index is 0.867. The number of hydrogen-bond acceptors (Lipinski definition) is 2. The van der Waals surface area contributed by atoms with Crippen LogP contribution in [0.1, 0.15) is 0 Å². The van der Waals surface area contributed by atoms with Crippen LogP contribution in [0, 0.1) is 0 Å². The van der Waals surface area contributed by atoms with Crippen molar-refractivity contribution in [2.24, 2.45) is 0 Å². The maximum Gasteiger partial charge on any atom is 0.143 e. The molecular weight excluding hydrogens is 669 g/mol. The van der Waals surface area contributed by atoms with Crippen LogP contribution < -0.4 is 4.90 Å². The molecule has 0 bridgehead atoms. The van der Waals surface area contributed by atoms with Gasteiger partial charge in [-0.3, -0.25) is 0 Å². The van der Waals surface area contributed by atoms with Crippen molar-refractivity contribution in [3.05, 3.63) is 206 Å². The first-order valence-corrected chi connectivity index (χ1v) is 18.8. The summed E-state index contributed by atoms with van der Waals surface area (Å²) in [7, 11) is 0. The van der Waals surface area contributed by atoms with Gasteiger partial charge in [-0.2, -0.15) is 0 Å². The minimum Gasteiger partial charge on any atom is -0.455 e. The summed E-state index contributed by atoms with van der Waals surface area (Å²) in [5.74, 6) is 0. The highest BCUT2D eigenvalue weighted by Gasteiger charge is 2.20. The maximum atomic E-state index is 6.73. The number of aromatic nitrogens is 1. The standard InChI is InChI=1S/C52H34N2O/c1-4-15-35(16-5-1)36-17-14-18-37(31-36)46-34-48-47-32-40(28-30-51(47)55-52(48)45-25-11-10-23-42(45)46)53(38-19-6-2-7-20-38)41-27-29-44-43-24-12-13-26-49(43)54(50(44)33-41)39-21-8-3-9-22-39/h1-34H. The number of hydrogen-bond donors (Lipinski definition) is 0. The van der Waals surface area contributed by atoms with Crippen molar-refractivity contribution in [3.63, 3.8) is 0 Å². The van der Waals surface area contributed by atoms with Gasteiger partial charge in [-0.1, -0.05) is 133 Å². The highest BCUT2D eigenvalue weighted by molar-refractivity contribution is 6.20. The van der Waals surface area contributed by atoms with E-state index >= 15 is 0 Å². The molecule has 258 valence electrons.